The van der Waals surface area contributed by atoms with Gasteiger partial charge in [-0.05, 0) is 66.3 Å². The van der Waals surface area contributed by atoms with Crippen LogP contribution in [0.1, 0.15) is 41.8 Å². The summed E-state index contributed by atoms with van der Waals surface area (Å²) in [5.74, 6) is 0.846. The molecule has 4 heteroatoms. The Hall–Kier alpha value is -1.65. The summed E-state index contributed by atoms with van der Waals surface area (Å²) in [6, 6.07) is 10.9. The molecule has 1 aromatic heterocycles. The number of carbonyl (C=O) groups is 1. The maximum atomic E-state index is 12.5. The van der Waals surface area contributed by atoms with Crippen molar-refractivity contribution in [2.75, 3.05) is 18.4 Å². The van der Waals surface area contributed by atoms with Gasteiger partial charge in [-0.1, -0.05) is 19.1 Å². The largest absolute Gasteiger partial charge is 0.325 e. The number of fused-ring (bicyclic) bond motifs is 1. The van der Waals surface area contributed by atoms with E-state index in [0.29, 0.717) is 12.6 Å². The lowest BCUT2D eigenvalue weighted by Crippen LogP contribution is -2.41. The second kappa shape index (κ2) is 6.69. The van der Waals surface area contributed by atoms with Crippen LogP contribution in [0.3, 0.4) is 0 Å². The lowest BCUT2D eigenvalue weighted by Gasteiger charge is -2.35. The minimum absolute atomic E-state index is 0.101. The Labute approximate surface area is 147 Å². The molecule has 2 aromatic rings. The zero-order valence-corrected chi connectivity index (χ0v) is 14.9. The van der Waals surface area contributed by atoms with Crippen LogP contribution in [-0.2, 0) is 17.6 Å². The third-order valence-electron chi connectivity index (χ3n) is 5.18. The SMILES string of the molecule is CCc1ccc(NC(=O)CN2CCc3sccc3[C@H]2C2CC2)cc1. The van der Waals surface area contributed by atoms with E-state index in [0.717, 1.165) is 31.0 Å². The van der Waals surface area contributed by atoms with Crippen molar-refractivity contribution in [3.8, 4) is 0 Å². The molecule has 1 saturated carbocycles. The molecule has 0 bridgehead atoms. The highest BCUT2D eigenvalue weighted by molar-refractivity contribution is 7.10. The van der Waals surface area contributed by atoms with Crippen molar-refractivity contribution >= 4 is 22.9 Å². The summed E-state index contributed by atoms with van der Waals surface area (Å²) in [4.78, 5) is 16.4. The van der Waals surface area contributed by atoms with Gasteiger partial charge in [0.05, 0.1) is 6.54 Å². The number of amides is 1. The minimum atomic E-state index is 0.101. The predicted octanol–water partition coefficient (Wildman–Crippen LogP) is 4.26. The van der Waals surface area contributed by atoms with Crippen molar-refractivity contribution in [2.24, 2.45) is 5.92 Å². The highest BCUT2D eigenvalue weighted by Crippen LogP contribution is 2.48. The van der Waals surface area contributed by atoms with Crippen LogP contribution in [-0.4, -0.2) is 23.9 Å². The van der Waals surface area contributed by atoms with Gasteiger partial charge in [0.15, 0.2) is 0 Å². The van der Waals surface area contributed by atoms with E-state index in [4.69, 9.17) is 0 Å². The van der Waals surface area contributed by atoms with E-state index in [1.54, 1.807) is 0 Å². The summed E-state index contributed by atoms with van der Waals surface area (Å²) in [7, 11) is 0. The molecule has 1 aliphatic carbocycles. The summed E-state index contributed by atoms with van der Waals surface area (Å²) in [5.41, 5.74) is 3.67. The molecule has 1 fully saturated rings. The van der Waals surface area contributed by atoms with E-state index >= 15 is 0 Å². The summed E-state index contributed by atoms with van der Waals surface area (Å²) < 4.78 is 0. The van der Waals surface area contributed by atoms with E-state index in [1.165, 1.54) is 28.8 Å². The van der Waals surface area contributed by atoms with Crippen LogP contribution in [0.15, 0.2) is 35.7 Å². The van der Waals surface area contributed by atoms with Crippen LogP contribution in [0.4, 0.5) is 5.69 Å². The fourth-order valence-corrected chi connectivity index (χ4v) is 4.66. The monoisotopic (exact) mass is 340 g/mol. The Morgan fingerprint density at radius 2 is 2.04 bits per heavy atom. The zero-order chi connectivity index (χ0) is 16.5. The number of thiophene rings is 1. The average Bonchev–Trinajstić information content (AvgIpc) is 3.31. The second-order valence-corrected chi connectivity index (χ2v) is 7.90. The lowest BCUT2D eigenvalue weighted by molar-refractivity contribution is -0.118. The van der Waals surface area contributed by atoms with Gasteiger partial charge in [-0.25, -0.2) is 0 Å². The first-order chi connectivity index (χ1) is 11.7. The van der Waals surface area contributed by atoms with Crippen molar-refractivity contribution in [1.82, 2.24) is 4.90 Å². The zero-order valence-electron chi connectivity index (χ0n) is 14.1. The van der Waals surface area contributed by atoms with Gasteiger partial charge in [0.25, 0.3) is 0 Å². The molecule has 0 saturated heterocycles. The standard InChI is InChI=1S/C20H24N2OS/c1-2-14-3-7-16(8-4-14)21-19(23)13-22-11-9-18-17(10-12-24-18)20(22)15-5-6-15/h3-4,7-8,10,12,15,20H,2,5-6,9,11,13H2,1H3,(H,21,23)/t20-/m1/s1. The van der Waals surface area contributed by atoms with Crippen LogP contribution in [0, 0.1) is 5.92 Å². The van der Waals surface area contributed by atoms with Crippen molar-refractivity contribution < 1.29 is 4.79 Å². The fraction of sp³-hybridized carbons (Fsp3) is 0.450. The maximum Gasteiger partial charge on any atom is 0.238 e. The van der Waals surface area contributed by atoms with Crippen molar-refractivity contribution in [3.05, 3.63) is 51.7 Å². The quantitative estimate of drug-likeness (QED) is 0.882. The number of hydrogen-bond acceptors (Lipinski definition) is 3. The average molecular weight is 340 g/mol. The lowest BCUT2D eigenvalue weighted by atomic mass is 9.96. The molecule has 2 heterocycles. The summed E-state index contributed by atoms with van der Waals surface area (Å²) >= 11 is 1.87. The topological polar surface area (TPSA) is 32.3 Å². The summed E-state index contributed by atoms with van der Waals surface area (Å²) in [6.45, 7) is 3.63. The molecule has 2 aliphatic rings. The predicted molar refractivity (Wildman–Crippen MR) is 99.5 cm³/mol. The molecule has 1 aliphatic heterocycles. The highest BCUT2D eigenvalue weighted by Gasteiger charge is 2.40. The normalized spacial score (nSPS) is 20.6. The van der Waals surface area contributed by atoms with E-state index in [2.05, 4.69) is 40.7 Å². The van der Waals surface area contributed by atoms with Gasteiger partial charge < -0.3 is 5.32 Å². The number of nitrogens with one attached hydrogen (secondary N) is 1. The molecular weight excluding hydrogens is 316 g/mol. The molecule has 3 nitrogen and oxygen atoms in total. The van der Waals surface area contributed by atoms with Gasteiger partial charge in [-0.15, -0.1) is 11.3 Å². The third-order valence-corrected chi connectivity index (χ3v) is 6.18. The molecule has 4 rings (SSSR count). The fourth-order valence-electron chi connectivity index (χ4n) is 3.75. The molecule has 1 N–H and O–H groups in total. The van der Waals surface area contributed by atoms with Gasteiger partial charge >= 0.3 is 0 Å². The second-order valence-electron chi connectivity index (χ2n) is 6.90. The Morgan fingerprint density at radius 1 is 1.25 bits per heavy atom. The first-order valence-electron chi connectivity index (χ1n) is 8.93. The van der Waals surface area contributed by atoms with Crippen LogP contribution < -0.4 is 5.32 Å². The van der Waals surface area contributed by atoms with E-state index < -0.39 is 0 Å². The first kappa shape index (κ1) is 15.9. The van der Waals surface area contributed by atoms with Crippen molar-refractivity contribution in [3.63, 3.8) is 0 Å². The number of rotatable bonds is 5. The Bertz CT molecular complexity index is 717. The number of benzene rings is 1. The Morgan fingerprint density at radius 3 is 2.75 bits per heavy atom. The molecule has 24 heavy (non-hydrogen) atoms. The van der Waals surface area contributed by atoms with Crippen LogP contribution >= 0.6 is 11.3 Å². The van der Waals surface area contributed by atoms with Crippen LogP contribution in [0.2, 0.25) is 0 Å². The van der Waals surface area contributed by atoms with Crippen molar-refractivity contribution in [1.29, 1.82) is 0 Å². The Balaban J connectivity index is 1.43. The van der Waals surface area contributed by atoms with E-state index in [1.807, 2.05) is 23.5 Å². The van der Waals surface area contributed by atoms with Gasteiger partial charge in [0.2, 0.25) is 5.91 Å². The van der Waals surface area contributed by atoms with E-state index in [9.17, 15) is 4.79 Å². The molecule has 126 valence electrons. The van der Waals surface area contributed by atoms with Gasteiger partial charge in [0.1, 0.15) is 0 Å². The molecule has 0 spiro atoms. The Kier molecular flexibility index (Phi) is 4.42. The smallest absolute Gasteiger partial charge is 0.238 e. The maximum absolute atomic E-state index is 12.5. The molecule has 1 atom stereocenters. The third kappa shape index (κ3) is 3.26. The highest BCUT2D eigenvalue weighted by atomic mass is 32.1. The minimum Gasteiger partial charge on any atom is -0.325 e. The molecule has 0 radical (unpaired) electrons. The first-order valence-corrected chi connectivity index (χ1v) is 9.81. The van der Waals surface area contributed by atoms with Gasteiger partial charge in [-0.3, -0.25) is 9.69 Å². The number of nitrogens with zero attached hydrogens (tertiary/aromatic N) is 1. The molecule has 1 aromatic carbocycles. The van der Waals surface area contributed by atoms with E-state index in [-0.39, 0.29) is 5.91 Å². The molecule has 1 amide bonds. The van der Waals surface area contributed by atoms with Gasteiger partial charge in [0, 0.05) is 23.2 Å². The van der Waals surface area contributed by atoms with Crippen LogP contribution in [0.25, 0.3) is 0 Å². The number of anilines is 1. The molecule has 0 unspecified atom stereocenters. The molecular formula is C20H24N2OS. The van der Waals surface area contributed by atoms with Crippen molar-refractivity contribution in [2.45, 2.75) is 38.6 Å². The number of hydrogen-bond donors (Lipinski definition) is 1. The van der Waals surface area contributed by atoms with Gasteiger partial charge in [-0.2, -0.15) is 0 Å². The summed E-state index contributed by atoms with van der Waals surface area (Å²) in [6.07, 6.45) is 4.70. The van der Waals surface area contributed by atoms with Crippen LogP contribution in [0.5, 0.6) is 0 Å². The number of carbonyl (C=O) groups excluding carboxylic acids is 1. The number of aryl methyl sites for hydroxylation is 1. The summed E-state index contributed by atoms with van der Waals surface area (Å²) in [5, 5.41) is 5.27.